The quantitative estimate of drug-likeness (QED) is 0.386. The van der Waals surface area contributed by atoms with Crippen LogP contribution in [0.15, 0.2) is 12.2 Å². The topological polar surface area (TPSA) is 63.6 Å². The normalized spacial score (nSPS) is 10.4. The molecule has 0 spiro atoms. The van der Waals surface area contributed by atoms with Crippen molar-refractivity contribution >= 4 is 11.9 Å². The third-order valence-corrected chi connectivity index (χ3v) is 1.54. The molecule has 0 aromatic heterocycles. The molecule has 0 aliphatic rings. The van der Waals surface area contributed by atoms with Gasteiger partial charge in [0.1, 0.15) is 0 Å². The first-order valence-corrected chi connectivity index (χ1v) is 4.72. The van der Waals surface area contributed by atoms with Crippen LogP contribution >= 0.6 is 0 Å². The molecule has 0 atom stereocenters. The maximum atomic E-state index is 10.9. The molecule has 4 nitrogen and oxygen atoms in total. The lowest BCUT2D eigenvalue weighted by Crippen LogP contribution is -2.02. The fourth-order valence-corrected chi connectivity index (χ4v) is 0.829. The van der Waals surface area contributed by atoms with Gasteiger partial charge in [-0.05, 0) is 6.42 Å². The van der Waals surface area contributed by atoms with E-state index in [1.54, 1.807) is 0 Å². The summed E-state index contributed by atoms with van der Waals surface area (Å²) >= 11 is 0. The van der Waals surface area contributed by atoms with Gasteiger partial charge in [-0.3, -0.25) is 4.79 Å². The van der Waals surface area contributed by atoms with Crippen molar-refractivity contribution in [3.05, 3.63) is 12.2 Å². The van der Waals surface area contributed by atoms with E-state index < -0.39 is 11.9 Å². The van der Waals surface area contributed by atoms with E-state index in [2.05, 4.69) is 6.92 Å². The third-order valence-electron chi connectivity index (χ3n) is 1.54. The Kier molecular flexibility index (Phi) is 7.50. The van der Waals surface area contributed by atoms with Crippen LogP contribution in [0.4, 0.5) is 0 Å². The molecular formula is C10H16O4. The number of carbonyl (C=O) groups excluding carboxylic acids is 1. The van der Waals surface area contributed by atoms with E-state index in [-0.39, 0.29) is 6.42 Å². The van der Waals surface area contributed by atoms with Crippen LogP contribution in [0.1, 0.15) is 32.6 Å². The van der Waals surface area contributed by atoms with Crippen LogP contribution in [0, 0.1) is 0 Å². The Hall–Kier alpha value is -1.32. The number of carboxylic acid groups (broad SMARTS) is 1. The van der Waals surface area contributed by atoms with Gasteiger partial charge in [-0.2, -0.15) is 0 Å². The Bertz CT molecular complexity index is 208. The Labute approximate surface area is 83.6 Å². The van der Waals surface area contributed by atoms with Crippen LogP contribution in [0.25, 0.3) is 0 Å². The molecule has 0 aromatic rings. The summed E-state index contributed by atoms with van der Waals surface area (Å²) in [5, 5.41) is 8.27. The second kappa shape index (κ2) is 8.29. The molecule has 0 aliphatic heterocycles. The second-order valence-electron chi connectivity index (χ2n) is 2.87. The molecule has 1 N–H and O–H groups in total. The highest BCUT2D eigenvalue weighted by Crippen LogP contribution is 1.95. The zero-order valence-corrected chi connectivity index (χ0v) is 8.36. The summed E-state index contributed by atoms with van der Waals surface area (Å²) in [6.45, 7) is 2.47. The number of carbonyl (C=O) groups is 2. The predicted molar refractivity (Wildman–Crippen MR) is 51.9 cm³/mol. The number of hydrogen-bond acceptors (Lipinski definition) is 3. The van der Waals surface area contributed by atoms with Crippen molar-refractivity contribution in [3.63, 3.8) is 0 Å². The fourth-order valence-electron chi connectivity index (χ4n) is 0.829. The molecule has 0 radical (unpaired) electrons. The van der Waals surface area contributed by atoms with Crippen molar-refractivity contribution < 1.29 is 19.4 Å². The highest BCUT2D eigenvalue weighted by molar-refractivity contribution is 5.82. The van der Waals surface area contributed by atoms with Crippen LogP contribution in [-0.4, -0.2) is 23.7 Å². The van der Waals surface area contributed by atoms with Crippen molar-refractivity contribution in [3.8, 4) is 0 Å². The Morgan fingerprint density at radius 2 is 2.07 bits per heavy atom. The third kappa shape index (κ3) is 8.77. The van der Waals surface area contributed by atoms with Gasteiger partial charge < -0.3 is 9.84 Å². The van der Waals surface area contributed by atoms with E-state index in [1.807, 2.05) is 0 Å². The van der Waals surface area contributed by atoms with Gasteiger partial charge in [0.15, 0.2) is 0 Å². The molecule has 4 heteroatoms. The minimum absolute atomic E-state index is 0.149. The number of rotatable bonds is 7. The van der Waals surface area contributed by atoms with Crippen molar-refractivity contribution in [1.82, 2.24) is 0 Å². The van der Waals surface area contributed by atoms with E-state index in [0.717, 1.165) is 25.3 Å². The van der Waals surface area contributed by atoms with Crippen LogP contribution in [0.3, 0.4) is 0 Å². The van der Waals surface area contributed by atoms with Crippen molar-refractivity contribution in [2.24, 2.45) is 0 Å². The molecule has 0 aromatic carbocycles. The van der Waals surface area contributed by atoms with Crippen molar-refractivity contribution in [1.29, 1.82) is 0 Å². The summed E-state index contributed by atoms with van der Waals surface area (Å²) in [7, 11) is 0. The van der Waals surface area contributed by atoms with Crippen LogP contribution in [0.5, 0.6) is 0 Å². The standard InChI is InChI=1S/C10H16O4/c1-2-3-4-8-14-10(13)7-5-6-9(11)12/h5,7H,2-4,6,8H2,1H3,(H,11,12)/b7-5+. The van der Waals surface area contributed by atoms with E-state index in [4.69, 9.17) is 9.84 Å². The molecule has 0 amide bonds. The predicted octanol–water partition coefficient (Wildman–Crippen LogP) is 1.75. The van der Waals surface area contributed by atoms with Gasteiger partial charge >= 0.3 is 11.9 Å². The summed E-state index contributed by atoms with van der Waals surface area (Å²) in [5.74, 6) is -1.43. The van der Waals surface area contributed by atoms with E-state index in [0.29, 0.717) is 6.61 Å². The van der Waals surface area contributed by atoms with Crippen LogP contribution < -0.4 is 0 Å². The molecular weight excluding hydrogens is 184 g/mol. The summed E-state index contributed by atoms with van der Waals surface area (Å²) in [6, 6.07) is 0. The smallest absolute Gasteiger partial charge is 0.330 e. The van der Waals surface area contributed by atoms with E-state index in [1.165, 1.54) is 6.08 Å². The summed E-state index contributed by atoms with van der Waals surface area (Å²) in [5.41, 5.74) is 0. The van der Waals surface area contributed by atoms with Gasteiger partial charge in [0.05, 0.1) is 13.0 Å². The lowest BCUT2D eigenvalue weighted by molar-refractivity contribution is -0.137. The van der Waals surface area contributed by atoms with Gasteiger partial charge in [0.25, 0.3) is 0 Å². The monoisotopic (exact) mass is 200 g/mol. The molecule has 80 valence electrons. The number of unbranched alkanes of at least 4 members (excludes halogenated alkanes) is 2. The van der Waals surface area contributed by atoms with Gasteiger partial charge in [-0.15, -0.1) is 0 Å². The largest absolute Gasteiger partial charge is 0.481 e. The highest BCUT2D eigenvalue weighted by atomic mass is 16.5. The maximum absolute atomic E-state index is 10.9. The first kappa shape index (κ1) is 12.7. The highest BCUT2D eigenvalue weighted by Gasteiger charge is 1.96. The summed E-state index contributed by atoms with van der Waals surface area (Å²) < 4.78 is 4.81. The lowest BCUT2D eigenvalue weighted by Gasteiger charge is -1.99. The average Bonchev–Trinajstić information content (AvgIpc) is 2.12. The van der Waals surface area contributed by atoms with E-state index >= 15 is 0 Å². The zero-order valence-electron chi connectivity index (χ0n) is 8.36. The Morgan fingerprint density at radius 3 is 2.64 bits per heavy atom. The minimum atomic E-state index is -0.958. The minimum Gasteiger partial charge on any atom is -0.481 e. The Morgan fingerprint density at radius 1 is 1.36 bits per heavy atom. The number of ether oxygens (including phenoxy) is 1. The first-order chi connectivity index (χ1) is 6.66. The van der Waals surface area contributed by atoms with Crippen molar-refractivity contribution in [2.45, 2.75) is 32.6 Å². The second-order valence-corrected chi connectivity index (χ2v) is 2.87. The number of hydrogen-bond donors (Lipinski definition) is 1. The molecule has 14 heavy (non-hydrogen) atoms. The van der Waals surface area contributed by atoms with Gasteiger partial charge in [0, 0.05) is 6.08 Å². The van der Waals surface area contributed by atoms with Gasteiger partial charge in [-0.1, -0.05) is 25.8 Å². The molecule has 0 saturated heterocycles. The molecule has 0 bridgehead atoms. The van der Waals surface area contributed by atoms with E-state index in [9.17, 15) is 9.59 Å². The molecule has 0 aliphatic carbocycles. The fraction of sp³-hybridized carbons (Fsp3) is 0.600. The molecule has 0 heterocycles. The summed E-state index contributed by atoms with van der Waals surface area (Å²) in [4.78, 5) is 21.0. The zero-order chi connectivity index (χ0) is 10.8. The first-order valence-electron chi connectivity index (χ1n) is 4.72. The lowest BCUT2D eigenvalue weighted by atomic mass is 10.3. The molecule has 0 rings (SSSR count). The Balaban J connectivity index is 3.45. The van der Waals surface area contributed by atoms with Crippen LogP contribution in [-0.2, 0) is 14.3 Å². The average molecular weight is 200 g/mol. The number of aliphatic carboxylic acids is 1. The van der Waals surface area contributed by atoms with Gasteiger partial charge in [-0.25, -0.2) is 4.79 Å². The van der Waals surface area contributed by atoms with Gasteiger partial charge in [0.2, 0.25) is 0 Å². The summed E-state index contributed by atoms with van der Waals surface area (Å²) in [6.07, 6.45) is 5.25. The molecule has 0 fully saturated rings. The number of esters is 1. The maximum Gasteiger partial charge on any atom is 0.330 e. The number of carboxylic acids is 1. The molecule has 0 saturated carbocycles. The molecule has 0 unspecified atom stereocenters. The van der Waals surface area contributed by atoms with Crippen LogP contribution in [0.2, 0.25) is 0 Å². The SMILES string of the molecule is CCCCCOC(=O)/C=C/CC(=O)O. The van der Waals surface area contributed by atoms with Crippen molar-refractivity contribution in [2.75, 3.05) is 6.61 Å².